The van der Waals surface area contributed by atoms with E-state index >= 15 is 0 Å². The highest BCUT2D eigenvalue weighted by Crippen LogP contribution is 2.31. The molecule has 9 nitrogen and oxygen atoms in total. The van der Waals surface area contributed by atoms with Crippen LogP contribution in [0.5, 0.6) is 0 Å². The van der Waals surface area contributed by atoms with E-state index < -0.39 is 10.0 Å². The van der Waals surface area contributed by atoms with E-state index in [9.17, 15) is 17.6 Å². The number of pyridine rings is 2. The largest absolute Gasteiger partial charge is 0.357 e. The monoisotopic (exact) mass is 512 g/mol. The number of nitrogens with zero attached hydrogens (tertiary/aromatic N) is 4. The van der Waals surface area contributed by atoms with Gasteiger partial charge in [-0.15, -0.1) is 9.24 Å². The summed E-state index contributed by atoms with van der Waals surface area (Å²) in [5, 5.41) is 1.36. The smallest absolute Gasteiger partial charge is 0.274 e. The zero-order chi connectivity index (χ0) is 24.9. The van der Waals surface area contributed by atoms with Gasteiger partial charge in [-0.3, -0.25) is 9.52 Å². The van der Waals surface area contributed by atoms with Crippen LogP contribution in [-0.4, -0.2) is 38.3 Å². The summed E-state index contributed by atoms with van der Waals surface area (Å²) in [6.45, 7) is 1.82. The van der Waals surface area contributed by atoms with Gasteiger partial charge in [-0.2, -0.15) is 0 Å². The number of sulfonamides is 1. The summed E-state index contributed by atoms with van der Waals surface area (Å²) < 4.78 is 44.6. The van der Waals surface area contributed by atoms with E-state index in [0.29, 0.717) is 44.2 Å². The highest BCUT2D eigenvalue weighted by atomic mass is 32.2. The van der Waals surface area contributed by atoms with E-state index in [4.69, 9.17) is 4.98 Å². The van der Waals surface area contributed by atoms with Gasteiger partial charge < -0.3 is 14.1 Å². The van der Waals surface area contributed by atoms with E-state index in [-0.39, 0.29) is 29.4 Å². The molecule has 180 valence electrons. The molecule has 4 aromatic heterocycles. The van der Waals surface area contributed by atoms with E-state index in [1.807, 2.05) is 6.07 Å². The van der Waals surface area contributed by atoms with Gasteiger partial charge in [-0.1, -0.05) is 0 Å². The highest BCUT2D eigenvalue weighted by Gasteiger charge is 2.19. The van der Waals surface area contributed by atoms with Crippen molar-refractivity contribution in [1.82, 2.24) is 24.1 Å². The Labute approximate surface area is 202 Å². The third-order valence-corrected chi connectivity index (χ3v) is 7.35. The van der Waals surface area contributed by atoms with Crippen molar-refractivity contribution < 1.29 is 12.8 Å². The zero-order valence-corrected chi connectivity index (χ0v) is 20.9. The second-order valence-electron chi connectivity index (χ2n) is 8.22. The Kier molecular flexibility index (Phi) is 5.69. The lowest BCUT2D eigenvalue weighted by atomic mass is 10.1. The molecule has 0 radical (unpaired) electrons. The van der Waals surface area contributed by atoms with Gasteiger partial charge in [0.2, 0.25) is 10.0 Å². The van der Waals surface area contributed by atoms with Crippen LogP contribution < -0.4 is 15.6 Å². The highest BCUT2D eigenvalue weighted by molar-refractivity contribution is 7.92. The molecule has 5 rings (SSSR count). The van der Waals surface area contributed by atoms with Gasteiger partial charge >= 0.3 is 0 Å². The molecule has 2 N–H and O–H groups in total. The maximum absolute atomic E-state index is 14.0. The van der Waals surface area contributed by atoms with Crippen molar-refractivity contribution in [3.8, 4) is 11.3 Å². The van der Waals surface area contributed by atoms with Gasteiger partial charge in [-0.05, 0) is 48.1 Å². The molecule has 0 aliphatic carbocycles. The van der Waals surface area contributed by atoms with Crippen LogP contribution in [0, 0.1) is 5.82 Å². The van der Waals surface area contributed by atoms with Gasteiger partial charge in [0, 0.05) is 30.4 Å². The molecule has 1 atom stereocenters. The molecule has 0 bridgehead atoms. The van der Waals surface area contributed by atoms with E-state index in [2.05, 4.69) is 23.9 Å². The van der Waals surface area contributed by atoms with Crippen molar-refractivity contribution in [2.45, 2.75) is 13.5 Å². The summed E-state index contributed by atoms with van der Waals surface area (Å²) in [6, 6.07) is 8.07. The predicted octanol–water partition coefficient (Wildman–Crippen LogP) is 2.73. The van der Waals surface area contributed by atoms with Crippen LogP contribution in [0.3, 0.4) is 0 Å². The fraction of sp³-hybridized carbons (Fsp3) is 0.174. The summed E-state index contributed by atoms with van der Waals surface area (Å²) >= 11 is 0. The molecule has 0 aliphatic rings. The average Bonchev–Trinajstić information content (AvgIpc) is 3.43. The first-order valence-electron chi connectivity index (χ1n) is 10.7. The number of fused-ring (bicyclic) bond motifs is 2. The van der Waals surface area contributed by atoms with Gasteiger partial charge in [0.15, 0.2) is 5.65 Å². The minimum absolute atomic E-state index is 0.116. The number of anilines is 1. The van der Waals surface area contributed by atoms with Gasteiger partial charge in [0.1, 0.15) is 16.9 Å². The Morgan fingerprint density at radius 1 is 1.23 bits per heavy atom. The second-order valence-corrected chi connectivity index (χ2v) is 10.9. The normalized spacial score (nSPS) is 12.0. The Morgan fingerprint density at radius 2 is 2.03 bits per heavy atom. The molecule has 1 aromatic carbocycles. The van der Waals surface area contributed by atoms with Crippen molar-refractivity contribution in [3.05, 3.63) is 70.8 Å². The van der Waals surface area contributed by atoms with Gasteiger partial charge in [-0.25, -0.2) is 22.8 Å². The number of H-pyrrole nitrogens is 1. The van der Waals surface area contributed by atoms with E-state index in [1.165, 1.54) is 16.7 Å². The number of aromatic nitrogens is 5. The van der Waals surface area contributed by atoms with Crippen molar-refractivity contribution in [2.24, 2.45) is 7.05 Å². The average molecular weight is 513 g/mol. The van der Waals surface area contributed by atoms with E-state index in [1.54, 1.807) is 49.4 Å². The SMILES string of the molecule is CCS(=O)(=O)Nc1cc(-c2cn(C)c(=O)c3[nH]ccc23)nc2c1ncn2Cc1cc(F)cc(P)c1. The molecule has 1 unspecified atom stereocenters. The Morgan fingerprint density at radius 3 is 2.77 bits per heavy atom. The van der Waals surface area contributed by atoms with Crippen LogP contribution in [0.25, 0.3) is 33.3 Å². The van der Waals surface area contributed by atoms with Crippen molar-refractivity contribution in [3.63, 3.8) is 0 Å². The first kappa shape index (κ1) is 23.2. The summed E-state index contributed by atoms with van der Waals surface area (Å²) in [5.41, 5.74) is 3.09. The fourth-order valence-electron chi connectivity index (χ4n) is 4.04. The van der Waals surface area contributed by atoms with Crippen LogP contribution in [0.4, 0.5) is 10.1 Å². The first-order chi connectivity index (χ1) is 16.6. The molecule has 4 heterocycles. The number of hydrogen-bond donors (Lipinski definition) is 2. The minimum Gasteiger partial charge on any atom is -0.357 e. The Balaban J connectivity index is 1.75. The molecular weight excluding hydrogens is 490 g/mol. The molecular formula is C23H22FN6O3PS. The molecule has 0 aliphatic heterocycles. The molecule has 0 spiro atoms. The summed E-state index contributed by atoms with van der Waals surface area (Å²) in [4.78, 5) is 24.7. The molecule has 0 amide bonds. The number of rotatable bonds is 6. The van der Waals surface area contributed by atoms with Crippen molar-refractivity contribution >= 4 is 52.3 Å². The number of hydrogen-bond acceptors (Lipinski definition) is 5. The maximum Gasteiger partial charge on any atom is 0.274 e. The lowest BCUT2D eigenvalue weighted by Gasteiger charge is -2.12. The molecule has 0 fully saturated rings. The number of imidazole rings is 1. The molecule has 12 heteroatoms. The van der Waals surface area contributed by atoms with Gasteiger partial charge in [0.25, 0.3) is 5.56 Å². The Bertz CT molecular complexity index is 1750. The number of benzene rings is 1. The third-order valence-electron chi connectivity index (χ3n) is 5.72. The van der Waals surface area contributed by atoms with Crippen LogP contribution in [0.15, 0.2) is 53.8 Å². The van der Waals surface area contributed by atoms with Crippen molar-refractivity contribution in [2.75, 3.05) is 10.5 Å². The maximum atomic E-state index is 14.0. The molecule has 0 saturated carbocycles. The quantitative estimate of drug-likeness (QED) is 0.340. The topological polar surface area (TPSA) is 115 Å². The number of nitrogens with one attached hydrogen (secondary N) is 2. The summed E-state index contributed by atoms with van der Waals surface area (Å²) in [6.07, 6.45) is 4.88. The van der Waals surface area contributed by atoms with Crippen LogP contribution in [0.2, 0.25) is 0 Å². The lowest BCUT2D eigenvalue weighted by Crippen LogP contribution is -2.17. The predicted molar refractivity (Wildman–Crippen MR) is 138 cm³/mol. The number of aryl methyl sites for hydroxylation is 1. The summed E-state index contributed by atoms with van der Waals surface area (Å²) in [5.74, 6) is -0.475. The van der Waals surface area contributed by atoms with Crippen molar-refractivity contribution in [1.29, 1.82) is 0 Å². The molecule has 5 aromatic rings. The Hall–Kier alpha value is -3.56. The zero-order valence-electron chi connectivity index (χ0n) is 18.9. The first-order valence-corrected chi connectivity index (χ1v) is 13.0. The second kappa shape index (κ2) is 8.58. The van der Waals surface area contributed by atoms with Crippen LogP contribution in [-0.2, 0) is 23.6 Å². The number of halogens is 1. The third kappa shape index (κ3) is 4.33. The summed E-state index contributed by atoms with van der Waals surface area (Å²) in [7, 11) is 0.504. The van der Waals surface area contributed by atoms with Crippen LogP contribution in [0.1, 0.15) is 12.5 Å². The van der Waals surface area contributed by atoms with Gasteiger partial charge in [0.05, 0.1) is 30.0 Å². The van der Waals surface area contributed by atoms with E-state index in [0.717, 1.165) is 0 Å². The van der Waals surface area contributed by atoms with Crippen LogP contribution >= 0.6 is 9.24 Å². The fourth-order valence-corrected chi connectivity index (χ4v) is 5.05. The molecule has 35 heavy (non-hydrogen) atoms. The lowest BCUT2D eigenvalue weighted by molar-refractivity contribution is 0.602. The minimum atomic E-state index is -3.61. The number of aromatic amines is 1. The molecule has 0 saturated heterocycles. The standard InChI is InChI=1S/C23H22FN6O3PS/c1-3-35(32,33)28-19-9-18(17-11-29(2)23(31)20-16(17)4-5-25-20)27-22-21(19)26-12-30(22)10-13-6-14(24)8-15(34)7-13/h4-9,11-12,25H,3,10,34H2,1-2H3,(H,27,28).